The van der Waals surface area contributed by atoms with Crippen LogP contribution in [0.2, 0.25) is 0 Å². The quantitative estimate of drug-likeness (QED) is 0.0238. The number of aliphatic hydroxyl groups is 1. The summed E-state index contributed by atoms with van der Waals surface area (Å²) in [6.45, 7) is 3.63. The summed E-state index contributed by atoms with van der Waals surface area (Å²) in [6.07, 6.45) is 61.7. The van der Waals surface area contributed by atoms with Gasteiger partial charge in [0.15, 0.2) is 0 Å². The number of allylic oxidation sites excluding steroid dienone is 2. The summed E-state index contributed by atoms with van der Waals surface area (Å²) in [4.78, 5) is 34.2. The van der Waals surface area contributed by atoms with Crippen LogP contribution in [-0.2, 0) is 27.9 Å². The van der Waals surface area contributed by atoms with E-state index in [0.717, 1.165) is 38.5 Å². The lowest BCUT2D eigenvalue weighted by molar-refractivity contribution is -0.147. The Morgan fingerprint density at radius 3 is 1.12 bits per heavy atom. The summed E-state index contributed by atoms with van der Waals surface area (Å²) in [5.41, 5.74) is 0. The molecule has 0 spiro atoms. The van der Waals surface area contributed by atoms with E-state index in [2.05, 4.69) is 31.3 Å². The first-order valence-corrected chi connectivity index (χ1v) is 30.7. The molecule has 2 atom stereocenters. The molecule has 0 aromatic carbocycles. The van der Waals surface area contributed by atoms with Crippen LogP contribution in [0, 0.1) is 0 Å². The van der Waals surface area contributed by atoms with E-state index in [4.69, 9.17) is 13.8 Å². The highest BCUT2D eigenvalue weighted by atomic mass is 31.2. The lowest BCUT2D eigenvalue weighted by atomic mass is 10.0. The molecule has 0 heterocycles. The Bertz CT molecular complexity index is 1110. The van der Waals surface area contributed by atoms with Crippen molar-refractivity contribution < 1.29 is 37.9 Å². The van der Waals surface area contributed by atoms with Gasteiger partial charge in [0.2, 0.25) is 5.91 Å². The summed E-state index contributed by atoms with van der Waals surface area (Å²) in [5.74, 6) is -0.498. The van der Waals surface area contributed by atoms with Crippen LogP contribution in [0.25, 0.3) is 0 Å². The van der Waals surface area contributed by atoms with Gasteiger partial charge in [-0.25, -0.2) is 4.57 Å². The second-order valence-corrected chi connectivity index (χ2v) is 21.4. The van der Waals surface area contributed by atoms with Gasteiger partial charge in [-0.3, -0.25) is 18.6 Å². The van der Waals surface area contributed by atoms with E-state index >= 15 is 0 Å². The Morgan fingerprint density at radius 1 is 0.448 bits per heavy atom. The van der Waals surface area contributed by atoms with Crippen LogP contribution < -0.4 is 5.32 Å². The summed E-state index contributed by atoms with van der Waals surface area (Å²) >= 11 is 0. The van der Waals surface area contributed by atoms with E-state index in [1.54, 1.807) is 0 Å². The number of aliphatic hydroxyl groups excluding tert-OH is 1. The van der Waals surface area contributed by atoms with Gasteiger partial charge < -0.3 is 20.1 Å². The van der Waals surface area contributed by atoms with E-state index in [1.165, 1.54) is 244 Å². The van der Waals surface area contributed by atoms with Crippen molar-refractivity contribution in [2.24, 2.45) is 0 Å². The number of rotatable bonds is 56. The van der Waals surface area contributed by atoms with Crippen LogP contribution in [0.3, 0.4) is 0 Å². The number of amides is 1. The number of esters is 1. The van der Waals surface area contributed by atoms with Crippen LogP contribution in [0.5, 0.6) is 0 Å². The van der Waals surface area contributed by atoms with Gasteiger partial charge in [-0.05, 0) is 38.5 Å². The van der Waals surface area contributed by atoms with Gasteiger partial charge in [0, 0.05) is 19.4 Å². The lowest BCUT2D eigenvalue weighted by Gasteiger charge is -2.15. The van der Waals surface area contributed by atoms with Gasteiger partial charge in [-0.1, -0.05) is 270 Å². The smallest absolute Gasteiger partial charge is 0.463 e. The van der Waals surface area contributed by atoms with Crippen molar-refractivity contribution >= 4 is 19.7 Å². The zero-order valence-corrected chi connectivity index (χ0v) is 45.3. The van der Waals surface area contributed by atoms with Crippen LogP contribution >= 0.6 is 7.82 Å². The molecule has 0 saturated carbocycles. The van der Waals surface area contributed by atoms with Crippen molar-refractivity contribution in [1.82, 2.24) is 5.32 Å². The summed E-state index contributed by atoms with van der Waals surface area (Å²) < 4.78 is 27.1. The molecule has 0 saturated heterocycles. The minimum absolute atomic E-state index is 0.0877. The predicted octanol–water partition coefficient (Wildman–Crippen LogP) is 17.7. The molecule has 0 aliphatic carbocycles. The highest BCUT2D eigenvalue weighted by molar-refractivity contribution is 7.47. The predicted molar refractivity (Wildman–Crippen MR) is 285 cm³/mol. The molecule has 0 aliphatic rings. The third kappa shape index (κ3) is 55.5. The zero-order chi connectivity index (χ0) is 48.8. The first kappa shape index (κ1) is 65.8. The van der Waals surface area contributed by atoms with Gasteiger partial charge in [-0.15, -0.1) is 0 Å². The normalized spacial score (nSPS) is 13.1. The van der Waals surface area contributed by atoms with Crippen LogP contribution in [-0.4, -0.2) is 54.3 Å². The largest absolute Gasteiger partial charge is 0.472 e. The first-order chi connectivity index (χ1) is 32.8. The Balaban J connectivity index is 3.48. The number of phosphoric ester groups is 1. The fourth-order valence-electron chi connectivity index (χ4n) is 8.79. The molecule has 10 heteroatoms. The van der Waals surface area contributed by atoms with Crippen molar-refractivity contribution in [3.05, 3.63) is 12.2 Å². The highest BCUT2D eigenvalue weighted by Gasteiger charge is 2.23. The molecule has 0 fully saturated rings. The standard InChI is InChI=1S/C57H112NO8P/c1-3-5-7-9-11-13-15-17-19-21-23-25-27-29-31-33-35-37-39-41-43-45-47-49-56(60)58-51-52-65-67(62,63)66-54-55(59)53-64-57(61)50-48-46-44-42-40-38-36-34-32-30-28-26-24-22-20-18-16-14-12-10-8-6-4-2/h18,20,55,59H,3-17,19,21-54H2,1-2H3,(H,58,60)(H,62,63)/b20-18+. The second kappa shape index (κ2) is 54.1. The number of phosphoric acid groups is 1. The summed E-state index contributed by atoms with van der Waals surface area (Å²) in [5, 5.41) is 12.8. The monoisotopic (exact) mass is 970 g/mol. The van der Waals surface area contributed by atoms with Gasteiger partial charge >= 0.3 is 13.8 Å². The molecule has 0 aromatic heterocycles. The third-order valence-electron chi connectivity index (χ3n) is 13.2. The number of hydrogen-bond acceptors (Lipinski definition) is 7. The van der Waals surface area contributed by atoms with Gasteiger partial charge in [0.1, 0.15) is 12.7 Å². The molecule has 0 bridgehead atoms. The molecule has 0 radical (unpaired) electrons. The van der Waals surface area contributed by atoms with Crippen molar-refractivity contribution in [2.75, 3.05) is 26.4 Å². The lowest BCUT2D eigenvalue weighted by Crippen LogP contribution is -2.27. The van der Waals surface area contributed by atoms with E-state index in [1.807, 2.05) is 0 Å². The Labute approximate surface area is 415 Å². The van der Waals surface area contributed by atoms with Gasteiger partial charge in [-0.2, -0.15) is 0 Å². The van der Waals surface area contributed by atoms with E-state index < -0.39 is 26.5 Å². The van der Waals surface area contributed by atoms with Crippen LogP contribution in [0.15, 0.2) is 12.2 Å². The zero-order valence-electron chi connectivity index (χ0n) is 44.4. The molecular formula is C57H112NO8P. The van der Waals surface area contributed by atoms with E-state index in [-0.39, 0.29) is 32.1 Å². The SMILES string of the molecule is CCCCCCCC/C=C/CCCCCCCCCCCCCCCC(=O)OCC(O)COP(=O)(O)OCCNC(=O)CCCCCCCCCCCCCCCCCCCCCCCCC. The molecule has 9 nitrogen and oxygen atoms in total. The number of hydrogen-bond donors (Lipinski definition) is 3. The van der Waals surface area contributed by atoms with Crippen LogP contribution in [0.4, 0.5) is 0 Å². The number of nitrogens with one attached hydrogen (secondary N) is 1. The Kier molecular flexibility index (Phi) is 53.1. The Morgan fingerprint density at radius 2 is 0.761 bits per heavy atom. The maximum Gasteiger partial charge on any atom is 0.472 e. The van der Waals surface area contributed by atoms with Crippen molar-refractivity contribution in [3.8, 4) is 0 Å². The molecule has 398 valence electrons. The number of unbranched alkanes of at least 4 members (excludes halogenated alkanes) is 41. The maximum atomic E-state index is 12.2. The molecule has 0 rings (SSSR count). The molecule has 67 heavy (non-hydrogen) atoms. The molecule has 0 aromatic rings. The fraction of sp³-hybridized carbons (Fsp3) is 0.930. The van der Waals surface area contributed by atoms with E-state index in [0.29, 0.717) is 6.42 Å². The average molecular weight is 970 g/mol. The van der Waals surface area contributed by atoms with Crippen LogP contribution in [0.1, 0.15) is 309 Å². The Hall–Kier alpha value is -1.25. The van der Waals surface area contributed by atoms with Gasteiger partial charge in [0.05, 0.1) is 13.2 Å². The first-order valence-electron chi connectivity index (χ1n) is 29.2. The third-order valence-corrected chi connectivity index (χ3v) is 14.2. The van der Waals surface area contributed by atoms with Gasteiger partial charge in [0.25, 0.3) is 0 Å². The number of ether oxygens (including phenoxy) is 1. The second-order valence-electron chi connectivity index (χ2n) is 20.0. The highest BCUT2D eigenvalue weighted by Crippen LogP contribution is 2.43. The van der Waals surface area contributed by atoms with Crippen molar-refractivity contribution in [3.63, 3.8) is 0 Å². The van der Waals surface area contributed by atoms with E-state index in [9.17, 15) is 24.2 Å². The molecule has 3 N–H and O–H groups in total. The topological polar surface area (TPSA) is 131 Å². The minimum Gasteiger partial charge on any atom is -0.463 e. The molecule has 1 amide bonds. The summed E-state index contributed by atoms with van der Waals surface area (Å²) in [7, 11) is -4.42. The maximum absolute atomic E-state index is 12.2. The fourth-order valence-corrected chi connectivity index (χ4v) is 9.55. The number of carbonyl (C=O) groups is 2. The molecule has 0 aliphatic heterocycles. The summed E-state index contributed by atoms with van der Waals surface area (Å²) in [6, 6.07) is 0. The minimum atomic E-state index is -4.42. The van der Waals surface area contributed by atoms with Crippen molar-refractivity contribution in [2.45, 2.75) is 315 Å². The number of carbonyl (C=O) groups excluding carboxylic acids is 2. The molecule has 2 unspecified atom stereocenters. The average Bonchev–Trinajstić information content (AvgIpc) is 3.32. The molecular weight excluding hydrogens is 858 g/mol. The van der Waals surface area contributed by atoms with Crippen molar-refractivity contribution in [1.29, 1.82) is 0 Å².